The minimum atomic E-state index is 0.0754. The monoisotopic (exact) mass is 280 g/mol. The molecule has 2 aromatic rings. The first kappa shape index (κ1) is 13.2. The van der Waals surface area contributed by atoms with E-state index in [0.29, 0.717) is 0 Å². The SMILES string of the molecule is CC(=O)c1c(C)nsc1NC(C)Cc1ccsc1. The molecule has 0 bridgehead atoms. The Hall–Kier alpha value is -1.20. The summed E-state index contributed by atoms with van der Waals surface area (Å²) in [6, 6.07) is 2.42. The minimum Gasteiger partial charge on any atom is -0.372 e. The van der Waals surface area contributed by atoms with E-state index < -0.39 is 0 Å². The lowest BCUT2D eigenvalue weighted by atomic mass is 10.1. The highest BCUT2D eigenvalue weighted by Gasteiger charge is 2.16. The fraction of sp³-hybridized carbons (Fsp3) is 0.385. The van der Waals surface area contributed by atoms with Crippen LogP contribution in [0.25, 0.3) is 0 Å². The molecule has 0 saturated carbocycles. The highest BCUT2D eigenvalue weighted by molar-refractivity contribution is 7.10. The molecule has 0 radical (unpaired) electrons. The number of aryl methyl sites for hydroxylation is 1. The zero-order chi connectivity index (χ0) is 13.1. The number of hydrogen-bond donors (Lipinski definition) is 1. The zero-order valence-electron chi connectivity index (χ0n) is 10.7. The Labute approximate surface area is 115 Å². The Morgan fingerprint density at radius 2 is 2.33 bits per heavy atom. The number of ketones is 1. The van der Waals surface area contributed by atoms with Crippen LogP contribution in [-0.2, 0) is 6.42 Å². The molecule has 1 unspecified atom stereocenters. The summed E-state index contributed by atoms with van der Waals surface area (Å²) in [5.74, 6) is 0.0754. The van der Waals surface area contributed by atoms with Crippen molar-refractivity contribution in [3.05, 3.63) is 33.6 Å². The van der Waals surface area contributed by atoms with Gasteiger partial charge < -0.3 is 5.32 Å². The molecule has 18 heavy (non-hydrogen) atoms. The van der Waals surface area contributed by atoms with Crippen LogP contribution in [0.15, 0.2) is 16.8 Å². The average Bonchev–Trinajstić information content (AvgIpc) is 2.88. The summed E-state index contributed by atoms with van der Waals surface area (Å²) in [5.41, 5.74) is 2.88. The van der Waals surface area contributed by atoms with Crippen LogP contribution < -0.4 is 5.32 Å². The molecule has 0 spiro atoms. The van der Waals surface area contributed by atoms with Gasteiger partial charge in [-0.1, -0.05) is 0 Å². The lowest BCUT2D eigenvalue weighted by Gasteiger charge is -2.13. The Morgan fingerprint density at radius 1 is 1.56 bits per heavy atom. The van der Waals surface area contributed by atoms with E-state index in [2.05, 4.69) is 33.4 Å². The number of aromatic nitrogens is 1. The molecule has 0 aliphatic rings. The predicted octanol–water partition coefficient (Wildman–Crippen LogP) is 3.76. The van der Waals surface area contributed by atoms with Gasteiger partial charge in [0.1, 0.15) is 5.00 Å². The Kier molecular flexibility index (Phi) is 4.14. The molecule has 1 atom stereocenters. The van der Waals surface area contributed by atoms with Gasteiger partial charge in [0.15, 0.2) is 5.78 Å². The Balaban J connectivity index is 2.07. The van der Waals surface area contributed by atoms with E-state index >= 15 is 0 Å². The zero-order valence-corrected chi connectivity index (χ0v) is 12.3. The highest BCUT2D eigenvalue weighted by Crippen LogP contribution is 2.26. The molecule has 0 aliphatic heterocycles. The Morgan fingerprint density at radius 3 is 2.94 bits per heavy atom. The fourth-order valence-electron chi connectivity index (χ4n) is 1.92. The molecule has 2 heterocycles. The maximum absolute atomic E-state index is 11.6. The van der Waals surface area contributed by atoms with E-state index in [-0.39, 0.29) is 11.8 Å². The van der Waals surface area contributed by atoms with Crippen LogP contribution in [-0.4, -0.2) is 16.2 Å². The minimum absolute atomic E-state index is 0.0754. The van der Waals surface area contributed by atoms with E-state index in [1.54, 1.807) is 18.3 Å². The van der Waals surface area contributed by atoms with Gasteiger partial charge in [-0.25, -0.2) is 0 Å². The molecule has 5 heteroatoms. The van der Waals surface area contributed by atoms with Crippen molar-refractivity contribution >= 4 is 33.7 Å². The van der Waals surface area contributed by atoms with Crippen molar-refractivity contribution in [1.29, 1.82) is 0 Å². The molecule has 0 fully saturated rings. The van der Waals surface area contributed by atoms with Crippen LogP contribution >= 0.6 is 22.9 Å². The molecule has 0 aliphatic carbocycles. The van der Waals surface area contributed by atoms with Gasteiger partial charge in [-0.3, -0.25) is 4.79 Å². The van der Waals surface area contributed by atoms with Crippen molar-refractivity contribution in [2.75, 3.05) is 5.32 Å². The average molecular weight is 280 g/mol. The van der Waals surface area contributed by atoms with Gasteiger partial charge in [0.05, 0.1) is 11.3 Å². The van der Waals surface area contributed by atoms with E-state index in [0.717, 1.165) is 22.7 Å². The topological polar surface area (TPSA) is 42.0 Å². The largest absolute Gasteiger partial charge is 0.372 e. The smallest absolute Gasteiger partial charge is 0.164 e. The van der Waals surface area contributed by atoms with Gasteiger partial charge in [0.25, 0.3) is 0 Å². The van der Waals surface area contributed by atoms with E-state index in [1.165, 1.54) is 17.1 Å². The van der Waals surface area contributed by atoms with Crippen molar-refractivity contribution in [2.45, 2.75) is 33.2 Å². The maximum Gasteiger partial charge on any atom is 0.164 e. The number of thiophene rings is 1. The number of anilines is 1. The predicted molar refractivity (Wildman–Crippen MR) is 78.0 cm³/mol. The van der Waals surface area contributed by atoms with Gasteiger partial charge in [-0.05, 0) is 61.1 Å². The van der Waals surface area contributed by atoms with Crippen LogP contribution in [0.4, 0.5) is 5.00 Å². The molecule has 0 aromatic carbocycles. The normalized spacial score (nSPS) is 12.4. The highest BCUT2D eigenvalue weighted by atomic mass is 32.1. The molecular formula is C13H16N2OS2. The van der Waals surface area contributed by atoms with E-state index in [1.807, 2.05) is 6.92 Å². The lowest BCUT2D eigenvalue weighted by molar-refractivity contribution is 0.101. The van der Waals surface area contributed by atoms with Gasteiger partial charge in [0, 0.05) is 6.04 Å². The first-order valence-corrected chi connectivity index (χ1v) is 7.54. The van der Waals surface area contributed by atoms with Crippen LogP contribution in [0.2, 0.25) is 0 Å². The molecule has 96 valence electrons. The summed E-state index contributed by atoms with van der Waals surface area (Å²) in [6.45, 7) is 5.59. The lowest BCUT2D eigenvalue weighted by Crippen LogP contribution is -2.18. The quantitative estimate of drug-likeness (QED) is 0.848. The maximum atomic E-state index is 11.6. The molecule has 0 amide bonds. The third-order valence-corrected chi connectivity index (χ3v) is 4.32. The number of carbonyl (C=O) groups is 1. The first-order chi connectivity index (χ1) is 8.58. The molecule has 2 aromatic heterocycles. The Bertz CT molecular complexity index is 531. The number of rotatable bonds is 5. The fourth-order valence-corrected chi connectivity index (χ4v) is 3.56. The molecule has 2 rings (SSSR count). The number of Topliss-reactive ketones (excluding diaryl/α,β-unsaturated/α-hetero) is 1. The molecule has 0 saturated heterocycles. The summed E-state index contributed by atoms with van der Waals surface area (Å²) < 4.78 is 4.25. The van der Waals surface area contributed by atoms with Crippen molar-refractivity contribution in [1.82, 2.24) is 4.37 Å². The summed E-state index contributed by atoms with van der Waals surface area (Å²) in [6.07, 6.45) is 0.956. The van der Waals surface area contributed by atoms with Crippen molar-refractivity contribution in [3.63, 3.8) is 0 Å². The van der Waals surface area contributed by atoms with Crippen LogP contribution in [0.3, 0.4) is 0 Å². The van der Waals surface area contributed by atoms with Crippen LogP contribution in [0, 0.1) is 6.92 Å². The number of carbonyl (C=O) groups excluding carboxylic acids is 1. The van der Waals surface area contributed by atoms with Gasteiger partial charge in [-0.2, -0.15) is 15.7 Å². The standard InChI is InChI=1S/C13H16N2OS2/c1-8(6-11-4-5-17-7-11)14-13-12(10(3)16)9(2)15-18-13/h4-5,7-8,14H,6H2,1-3H3. The second-order valence-electron chi connectivity index (χ2n) is 4.41. The summed E-state index contributed by atoms with van der Waals surface area (Å²) in [4.78, 5) is 11.6. The molecular weight excluding hydrogens is 264 g/mol. The number of hydrogen-bond acceptors (Lipinski definition) is 5. The summed E-state index contributed by atoms with van der Waals surface area (Å²) in [5, 5.41) is 8.52. The first-order valence-electron chi connectivity index (χ1n) is 5.82. The van der Waals surface area contributed by atoms with E-state index in [9.17, 15) is 4.79 Å². The third kappa shape index (κ3) is 2.97. The van der Waals surface area contributed by atoms with Crippen LogP contribution in [0.1, 0.15) is 35.5 Å². The number of nitrogens with zero attached hydrogens (tertiary/aromatic N) is 1. The summed E-state index contributed by atoms with van der Waals surface area (Å²) >= 11 is 3.07. The van der Waals surface area contributed by atoms with Gasteiger partial charge in [-0.15, -0.1) is 0 Å². The third-order valence-electron chi connectivity index (χ3n) is 2.71. The molecule has 3 nitrogen and oxygen atoms in total. The van der Waals surface area contributed by atoms with Gasteiger partial charge in [0.2, 0.25) is 0 Å². The van der Waals surface area contributed by atoms with E-state index in [4.69, 9.17) is 0 Å². The van der Waals surface area contributed by atoms with Gasteiger partial charge >= 0.3 is 0 Å². The second-order valence-corrected chi connectivity index (χ2v) is 5.96. The second kappa shape index (κ2) is 5.63. The van der Waals surface area contributed by atoms with Crippen LogP contribution in [0.5, 0.6) is 0 Å². The van der Waals surface area contributed by atoms with Crippen molar-refractivity contribution in [2.24, 2.45) is 0 Å². The molecule has 1 N–H and O–H groups in total. The van der Waals surface area contributed by atoms with Crippen molar-refractivity contribution in [3.8, 4) is 0 Å². The number of nitrogens with one attached hydrogen (secondary N) is 1. The van der Waals surface area contributed by atoms with Crippen molar-refractivity contribution < 1.29 is 4.79 Å². The summed E-state index contributed by atoms with van der Waals surface area (Å²) in [7, 11) is 0.